The Morgan fingerprint density at radius 3 is 2.29 bits per heavy atom. The van der Waals surface area contributed by atoms with Gasteiger partial charge in [0.15, 0.2) is 5.13 Å². The molecule has 1 heterocycles. The minimum Gasteiger partial charge on any atom is -0.481 e. The number of nitrogens with zero attached hydrogens (tertiary/aromatic N) is 2. The lowest BCUT2D eigenvalue weighted by Crippen LogP contribution is -2.35. The number of carbonyl (C=O) groups is 2. The number of aromatic nitrogens is 1. The molecule has 172 valence electrons. The monoisotopic (exact) mass is 490 g/mol. The van der Waals surface area contributed by atoms with Crippen LogP contribution >= 0.6 is 22.9 Å². The summed E-state index contributed by atoms with van der Waals surface area (Å²) in [7, 11) is 1.63. The fourth-order valence-corrected chi connectivity index (χ4v) is 4.81. The van der Waals surface area contributed by atoms with Crippen LogP contribution in [0.2, 0.25) is 5.02 Å². The first-order chi connectivity index (χ1) is 16.4. The number of halogens is 1. The van der Waals surface area contributed by atoms with Gasteiger partial charge in [-0.15, -0.1) is 11.3 Å². The Morgan fingerprint density at radius 2 is 1.62 bits per heavy atom. The molecule has 5 nitrogen and oxygen atoms in total. The van der Waals surface area contributed by atoms with Gasteiger partial charge in [0.2, 0.25) is 5.91 Å². The van der Waals surface area contributed by atoms with Gasteiger partial charge in [-0.2, -0.15) is 0 Å². The van der Waals surface area contributed by atoms with E-state index in [2.05, 4.69) is 4.98 Å². The molecule has 1 aromatic heterocycles. The Balaban J connectivity index is 1.51. The van der Waals surface area contributed by atoms with Crippen molar-refractivity contribution >= 4 is 39.9 Å². The molecule has 1 N–H and O–H groups in total. The average Bonchev–Trinajstić information content (AvgIpc) is 3.34. The molecule has 1 atom stereocenters. The van der Waals surface area contributed by atoms with Crippen molar-refractivity contribution in [1.29, 1.82) is 0 Å². The van der Waals surface area contributed by atoms with E-state index < -0.39 is 11.9 Å². The molecular formula is C27H23ClN2O3S. The van der Waals surface area contributed by atoms with Crippen molar-refractivity contribution in [2.24, 2.45) is 5.92 Å². The quantitative estimate of drug-likeness (QED) is 0.309. The Bertz CT molecular complexity index is 1290. The van der Waals surface area contributed by atoms with Gasteiger partial charge >= 0.3 is 5.97 Å². The van der Waals surface area contributed by atoms with Crippen molar-refractivity contribution in [3.63, 3.8) is 0 Å². The zero-order valence-corrected chi connectivity index (χ0v) is 20.1. The molecule has 4 rings (SSSR count). The van der Waals surface area contributed by atoms with Crippen LogP contribution in [0, 0.1) is 5.92 Å². The number of carboxylic acid groups (broad SMARTS) is 1. The summed E-state index contributed by atoms with van der Waals surface area (Å²) in [5.41, 5.74) is 4.54. The van der Waals surface area contributed by atoms with Crippen LogP contribution in [-0.2, 0) is 16.0 Å². The Kier molecular flexibility index (Phi) is 7.40. The molecule has 0 aliphatic heterocycles. The maximum absolute atomic E-state index is 13.3. The van der Waals surface area contributed by atoms with Crippen LogP contribution in [0.1, 0.15) is 12.0 Å². The van der Waals surface area contributed by atoms with Crippen LogP contribution in [0.25, 0.3) is 22.4 Å². The fraction of sp³-hybridized carbons (Fsp3) is 0.148. The van der Waals surface area contributed by atoms with Gasteiger partial charge in [-0.1, -0.05) is 84.4 Å². The van der Waals surface area contributed by atoms with Gasteiger partial charge < -0.3 is 5.11 Å². The summed E-state index contributed by atoms with van der Waals surface area (Å²) in [6.07, 6.45) is 0.0691. The maximum Gasteiger partial charge on any atom is 0.304 e. The van der Waals surface area contributed by atoms with Crippen LogP contribution < -0.4 is 4.90 Å². The maximum atomic E-state index is 13.3. The predicted octanol–water partition coefficient (Wildman–Crippen LogP) is 6.43. The molecule has 34 heavy (non-hydrogen) atoms. The Morgan fingerprint density at radius 1 is 0.971 bits per heavy atom. The van der Waals surface area contributed by atoms with Gasteiger partial charge in [-0.3, -0.25) is 14.5 Å². The molecule has 0 fully saturated rings. The number of benzene rings is 3. The van der Waals surface area contributed by atoms with Crippen LogP contribution in [0.3, 0.4) is 0 Å². The standard InChI is InChI=1S/C27H23ClN2O3S/c1-30(27-29-24(17-34-27)22-9-5-6-10-23(22)28)26(33)21(16-25(31)32)15-18-11-13-20(14-12-18)19-7-3-2-4-8-19/h2-14,17,21H,15-16H2,1H3,(H,31,32). The molecule has 0 aliphatic carbocycles. The molecule has 7 heteroatoms. The first kappa shape index (κ1) is 23.7. The summed E-state index contributed by atoms with van der Waals surface area (Å²) >= 11 is 7.60. The van der Waals surface area contributed by atoms with Gasteiger partial charge in [0.1, 0.15) is 0 Å². The summed E-state index contributed by atoms with van der Waals surface area (Å²) in [6, 6.07) is 25.3. The molecule has 1 unspecified atom stereocenters. The van der Waals surface area contributed by atoms with E-state index in [0.29, 0.717) is 22.3 Å². The highest BCUT2D eigenvalue weighted by Gasteiger charge is 2.27. The van der Waals surface area contributed by atoms with E-state index in [1.165, 1.54) is 16.2 Å². The van der Waals surface area contributed by atoms with Gasteiger partial charge in [0.25, 0.3) is 0 Å². The summed E-state index contributed by atoms with van der Waals surface area (Å²) in [6.45, 7) is 0. The number of aliphatic carboxylic acids is 1. The third kappa shape index (κ3) is 5.53. The second-order valence-corrected chi connectivity index (χ2v) is 9.20. The molecule has 0 aliphatic rings. The summed E-state index contributed by atoms with van der Waals surface area (Å²) in [5, 5.41) is 12.4. The van der Waals surface area contributed by atoms with Gasteiger partial charge in [0.05, 0.1) is 18.0 Å². The first-order valence-corrected chi connectivity index (χ1v) is 12.0. The van der Waals surface area contributed by atoms with E-state index in [4.69, 9.17) is 11.6 Å². The normalized spacial score (nSPS) is 11.7. The smallest absolute Gasteiger partial charge is 0.304 e. The van der Waals surface area contributed by atoms with Crippen LogP contribution in [0.4, 0.5) is 5.13 Å². The minimum atomic E-state index is -1.01. The summed E-state index contributed by atoms with van der Waals surface area (Å²) in [5.74, 6) is -2.00. The zero-order chi connectivity index (χ0) is 24.1. The van der Waals surface area contributed by atoms with Crippen molar-refractivity contribution in [2.45, 2.75) is 12.8 Å². The number of hydrogen-bond donors (Lipinski definition) is 1. The highest BCUT2D eigenvalue weighted by Crippen LogP contribution is 2.32. The topological polar surface area (TPSA) is 70.5 Å². The van der Waals surface area contributed by atoms with Gasteiger partial charge in [0, 0.05) is 23.0 Å². The van der Waals surface area contributed by atoms with E-state index in [9.17, 15) is 14.7 Å². The number of hydrogen-bond acceptors (Lipinski definition) is 4. The van der Waals surface area contributed by atoms with Crippen molar-refractivity contribution in [3.05, 3.63) is 94.8 Å². The van der Waals surface area contributed by atoms with E-state index in [1.807, 2.05) is 78.2 Å². The van der Waals surface area contributed by atoms with E-state index in [0.717, 1.165) is 22.3 Å². The van der Waals surface area contributed by atoms with Crippen LogP contribution in [-0.4, -0.2) is 29.0 Å². The van der Waals surface area contributed by atoms with E-state index in [-0.39, 0.29) is 12.3 Å². The zero-order valence-electron chi connectivity index (χ0n) is 18.5. The van der Waals surface area contributed by atoms with Gasteiger partial charge in [-0.05, 0) is 29.2 Å². The lowest BCUT2D eigenvalue weighted by Gasteiger charge is -2.21. The highest BCUT2D eigenvalue weighted by molar-refractivity contribution is 7.14. The molecule has 0 bridgehead atoms. The number of carbonyl (C=O) groups excluding carboxylic acids is 1. The SMILES string of the molecule is CN(C(=O)C(CC(=O)O)Cc1ccc(-c2ccccc2)cc1)c1nc(-c2ccccc2Cl)cs1. The van der Waals surface area contributed by atoms with Crippen LogP contribution in [0.15, 0.2) is 84.2 Å². The fourth-order valence-electron chi connectivity index (χ4n) is 3.79. The molecule has 0 saturated heterocycles. The third-order valence-corrected chi connectivity index (χ3v) is 6.82. The molecule has 4 aromatic rings. The van der Waals surface area contributed by atoms with Gasteiger partial charge in [-0.25, -0.2) is 4.98 Å². The number of anilines is 1. The number of rotatable bonds is 8. The number of amides is 1. The van der Waals surface area contributed by atoms with Crippen LogP contribution in [0.5, 0.6) is 0 Å². The van der Waals surface area contributed by atoms with Crippen molar-refractivity contribution in [2.75, 3.05) is 11.9 Å². The molecule has 1 amide bonds. The molecular weight excluding hydrogens is 468 g/mol. The predicted molar refractivity (Wildman–Crippen MR) is 137 cm³/mol. The van der Waals surface area contributed by atoms with Crippen molar-refractivity contribution in [3.8, 4) is 22.4 Å². The van der Waals surface area contributed by atoms with E-state index in [1.54, 1.807) is 13.1 Å². The lowest BCUT2D eigenvalue weighted by atomic mass is 9.93. The second kappa shape index (κ2) is 10.6. The largest absolute Gasteiger partial charge is 0.481 e. The third-order valence-electron chi connectivity index (χ3n) is 5.57. The summed E-state index contributed by atoms with van der Waals surface area (Å²) < 4.78 is 0. The first-order valence-electron chi connectivity index (χ1n) is 10.8. The number of thiazole rings is 1. The lowest BCUT2D eigenvalue weighted by molar-refractivity contribution is -0.140. The average molecular weight is 491 g/mol. The highest BCUT2D eigenvalue weighted by atomic mass is 35.5. The molecule has 3 aromatic carbocycles. The summed E-state index contributed by atoms with van der Waals surface area (Å²) in [4.78, 5) is 30.8. The van der Waals surface area contributed by atoms with Crippen molar-refractivity contribution in [1.82, 2.24) is 4.98 Å². The Labute approximate surface area is 207 Å². The Hall–Kier alpha value is -3.48. The minimum absolute atomic E-state index is 0.258. The molecule has 0 radical (unpaired) electrons. The molecule has 0 spiro atoms. The van der Waals surface area contributed by atoms with E-state index >= 15 is 0 Å². The molecule has 0 saturated carbocycles. The van der Waals surface area contributed by atoms with Crippen molar-refractivity contribution < 1.29 is 14.7 Å². The second-order valence-electron chi connectivity index (χ2n) is 7.95. The number of carboxylic acids is 1.